The number of nitrogens with zero attached hydrogens (tertiary/aromatic N) is 2. The molecule has 2 saturated heterocycles. The monoisotopic (exact) mass is 370 g/mol. The number of hydrogen-bond donors (Lipinski definition) is 0. The van der Waals surface area contributed by atoms with Crippen LogP contribution in [-0.4, -0.2) is 54.5 Å². The Labute approximate surface area is 161 Å². The SMILES string of the molecule is CCOC(=O)C1CN(Cc2ccccc2)CC12CN(C(=O)[C@H]1CC1(C)C)C2. The van der Waals surface area contributed by atoms with E-state index in [1.165, 1.54) is 5.56 Å². The number of amides is 1. The summed E-state index contributed by atoms with van der Waals surface area (Å²) in [5, 5.41) is 0. The van der Waals surface area contributed by atoms with Gasteiger partial charge < -0.3 is 9.64 Å². The fourth-order valence-electron chi connectivity index (χ4n) is 4.90. The van der Waals surface area contributed by atoms with E-state index in [1.54, 1.807) is 0 Å². The normalized spacial score (nSPS) is 28.0. The van der Waals surface area contributed by atoms with Gasteiger partial charge in [0, 0.05) is 44.1 Å². The van der Waals surface area contributed by atoms with E-state index in [1.807, 2.05) is 30.0 Å². The smallest absolute Gasteiger partial charge is 0.310 e. The molecule has 1 aliphatic carbocycles. The molecular weight excluding hydrogens is 340 g/mol. The molecule has 146 valence electrons. The van der Waals surface area contributed by atoms with Crippen LogP contribution in [0.5, 0.6) is 0 Å². The van der Waals surface area contributed by atoms with Crippen molar-refractivity contribution in [2.24, 2.45) is 22.7 Å². The van der Waals surface area contributed by atoms with Gasteiger partial charge in [-0.15, -0.1) is 0 Å². The zero-order chi connectivity index (χ0) is 19.2. The van der Waals surface area contributed by atoms with Crippen LogP contribution in [-0.2, 0) is 20.9 Å². The minimum atomic E-state index is -0.143. The molecule has 3 aliphatic rings. The van der Waals surface area contributed by atoms with Crippen molar-refractivity contribution in [3.8, 4) is 0 Å². The summed E-state index contributed by atoms with van der Waals surface area (Å²) in [4.78, 5) is 29.7. The highest BCUT2D eigenvalue weighted by Gasteiger charge is 2.61. The van der Waals surface area contributed by atoms with E-state index in [0.717, 1.165) is 19.5 Å². The van der Waals surface area contributed by atoms with Crippen LogP contribution >= 0.6 is 0 Å². The highest BCUT2D eigenvalue weighted by molar-refractivity contribution is 5.84. The summed E-state index contributed by atoms with van der Waals surface area (Å²) in [5.74, 6) is 0.191. The Morgan fingerprint density at radius 1 is 1.11 bits per heavy atom. The molecule has 0 aromatic heterocycles. The minimum Gasteiger partial charge on any atom is -0.466 e. The Balaban J connectivity index is 1.45. The summed E-state index contributed by atoms with van der Waals surface area (Å²) in [6, 6.07) is 10.4. The third-order valence-electron chi connectivity index (χ3n) is 6.67. The summed E-state index contributed by atoms with van der Waals surface area (Å²) in [6.07, 6.45) is 0.983. The van der Waals surface area contributed by atoms with Crippen LogP contribution in [0.4, 0.5) is 0 Å². The van der Waals surface area contributed by atoms with Crippen LogP contribution in [0.3, 0.4) is 0 Å². The molecule has 0 bridgehead atoms. The van der Waals surface area contributed by atoms with Crippen LogP contribution in [0.15, 0.2) is 30.3 Å². The Morgan fingerprint density at radius 3 is 2.37 bits per heavy atom. The number of hydrogen-bond acceptors (Lipinski definition) is 4. The summed E-state index contributed by atoms with van der Waals surface area (Å²) in [7, 11) is 0. The first kappa shape index (κ1) is 18.5. The lowest BCUT2D eigenvalue weighted by atomic mass is 9.71. The Morgan fingerprint density at radius 2 is 1.78 bits per heavy atom. The number of carbonyl (C=O) groups excluding carboxylic acids is 2. The molecule has 4 rings (SSSR count). The van der Waals surface area contributed by atoms with Gasteiger partial charge in [-0.05, 0) is 24.3 Å². The zero-order valence-electron chi connectivity index (χ0n) is 16.6. The van der Waals surface area contributed by atoms with Gasteiger partial charge in [-0.2, -0.15) is 0 Å². The molecule has 2 atom stereocenters. The van der Waals surface area contributed by atoms with Crippen LogP contribution < -0.4 is 0 Å². The van der Waals surface area contributed by atoms with Crippen LogP contribution in [0.25, 0.3) is 0 Å². The van der Waals surface area contributed by atoms with Gasteiger partial charge in [-0.1, -0.05) is 44.2 Å². The van der Waals surface area contributed by atoms with E-state index in [9.17, 15) is 9.59 Å². The van der Waals surface area contributed by atoms with Crippen molar-refractivity contribution in [3.05, 3.63) is 35.9 Å². The van der Waals surface area contributed by atoms with Crippen molar-refractivity contribution in [1.82, 2.24) is 9.80 Å². The molecular formula is C22H30N2O3. The second-order valence-electron chi connectivity index (χ2n) is 9.26. The fourth-order valence-corrected chi connectivity index (χ4v) is 4.90. The van der Waals surface area contributed by atoms with E-state index >= 15 is 0 Å². The average molecular weight is 370 g/mol. The molecule has 5 nitrogen and oxygen atoms in total. The van der Waals surface area contributed by atoms with Gasteiger partial charge in [0.1, 0.15) is 0 Å². The van der Waals surface area contributed by atoms with Crippen LogP contribution in [0.1, 0.15) is 32.8 Å². The maximum atomic E-state index is 12.7. The molecule has 5 heteroatoms. The van der Waals surface area contributed by atoms with Crippen molar-refractivity contribution in [2.45, 2.75) is 33.7 Å². The first-order chi connectivity index (χ1) is 12.8. The number of rotatable bonds is 5. The molecule has 27 heavy (non-hydrogen) atoms. The van der Waals surface area contributed by atoms with Crippen molar-refractivity contribution >= 4 is 11.9 Å². The number of likely N-dealkylation sites (tertiary alicyclic amines) is 2. The lowest BCUT2D eigenvalue weighted by Gasteiger charge is -2.50. The molecule has 1 spiro atoms. The standard InChI is InChI=1S/C22H30N2O3/c1-4-27-20(26)18-12-23(11-16-8-6-5-7-9-16)13-22(18)14-24(15-22)19(25)17-10-21(17,2)3/h5-9,17-18H,4,10-15H2,1-3H3/t17-,18?/m1/s1. The summed E-state index contributed by atoms with van der Waals surface area (Å²) >= 11 is 0. The van der Waals surface area contributed by atoms with E-state index in [0.29, 0.717) is 26.2 Å². The van der Waals surface area contributed by atoms with E-state index in [2.05, 4.69) is 30.9 Å². The van der Waals surface area contributed by atoms with E-state index < -0.39 is 0 Å². The molecule has 1 aromatic rings. The summed E-state index contributed by atoms with van der Waals surface area (Å²) in [5.41, 5.74) is 1.26. The van der Waals surface area contributed by atoms with Crippen LogP contribution in [0.2, 0.25) is 0 Å². The lowest BCUT2D eigenvalue weighted by Crippen LogP contribution is -2.63. The minimum absolute atomic E-state index is 0.105. The molecule has 2 heterocycles. The molecule has 2 aliphatic heterocycles. The van der Waals surface area contributed by atoms with Crippen molar-refractivity contribution in [1.29, 1.82) is 0 Å². The zero-order valence-corrected chi connectivity index (χ0v) is 16.6. The molecule has 1 amide bonds. The maximum absolute atomic E-state index is 12.7. The van der Waals surface area contributed by atoms with Crippen molar-refractivity contribution < 1.29 is 14.3 Å². The van der Waals surface area contributed by atoms with Gasteiger partial charge in [-0.25, -0.2) is 0 Å². The van der Waals surface area contributed by atoms with Gasteiger partial charge in [0.15, 0.2) is 0 Å². The maximum Gasteiger partial charge on any atom is 0.310 e. The topological polar surface area (TPSA) is 49.9 Å². The molecule has 0 radical (unpaired) electrons. The Hall–Kier alpha value is -1.88. The molecule has 1 aromatic carbocycles. The fraction of sp³-hybridized carbons (Fsp3) is 0.636. The molecule has 1 saturated carbocycles. The van der Waals surface area contributed by atoms with Gasteiger partial charge in [0.2, 0.25) is 5.91 Å². The molecule has 3 fully saturated rings. The van der Waals surface area contributed by atoms with E-state index in [4.69, 9.17) is 4.74 Å². The predicted molar refractivity (Wildman–Crippen MR) is 103 cm³/mol. The first-order valence-electron chi connectivity index (χ1n) is 10.1. The van der Waals surface area contributed by atoms with Gasteiger partial charge in [-0.3, -0.25) is 14.5 Å². The second-order valence-corrected chi connectivity index (χ2v) is 9.26. The van der Waals surface area contributed by atoms with Gasteiger partial charge in [0.05, 0.1) is 12.5 Å². The average Bonchev–Trinajstić information content (AvgIpc) is 3.08. The van der Waals surface area contributed by atoms with Crippen molar-refractivity contribution in [3.63, 3.8) is 0 Å². The Kier molecular flexibility index (Phi) is 4.53. The Bertz CT molecular complexity index is 724. The third kappa shape index (κ3) is 3.38. The number of benzene rings is 1. The number of esters is 1. The number of ether oxygens (including phenoxy) is 1. The van der Waals surface area contributed by atoms with Gasteiger partial charge >= 0.3 is 5.97 Å². The summed E-state index contributed by atoms with van der Waals surface area (Å²) < 4.78 is 5.38. The van der Waals surface area contributed by atoms with Crippen molar-refractivity contribution in [2.75, 3.05) is 32.8 Å². The molecule has 1 unspecified atom stereocenters. The highest BCUT2D eigenvalue weighted by Crippen LogP contribution is 2.54. The highest BCUT2D eigenvalue weighted by atomic mass is 16.5. The third-order valence-corrected chi connectivity index (χ3v) is 6.67. The quantitative estimate of drug-likeness (QED) is 0.748. The summed E-state index contributed by atoms with van der Waals surface area (Å²) in [6.45, 7) is 10.3. The number of carbonyl (C=O) groups is 2. The van der Waals surface area contributed by atoms with Crippen LogP contribution in [0, 0.1) is 22.7 Å². The molecule has 0 N–H and O–H groups in total. The largest absolute Gasteiger partial charge is 0.466 e. The van der Waals surface area contributed by atoms with E-state index in [-0.39, 0.29) is 34.5 Å². The second kappa shape index (κ2) is 6.62. The lowest BCUT2D eigenvalue weighted by molar-refractivity contribution is -0.162. The van der Waals surface area contributed by atoms with Gasteiger partial charge in [0.25, 0.3) is 0 Å². The first-order valence-corrected chi connectivity index (χ1v) is 10.1. The predicted octanol–water partition coefficient (Wildman–Crippen LogP) is 2.56.